The number of nitrogens with two attached hydrogens (primary N) is 1. The zero-order chi connectivity index (χ0) is 38.4. The van der Waals surface area contributed by atoms with Gasteiger partial charge in [-0.3, -0.25) is 19.2 Å². The van der Waals surface area contributed by atoms with Gasteiger partial charge in [0, 0.05) is 50.2 Å². The van der Waals surface area contributed by atoms with Crippen LogP contribution in [0.1, 0.15) is 67.6 Å². The Morgan fingerprint density at radius 3 is 1.71 bits per heavy atom. The van der Waals surface area contributed by atoms with Gasteiger partial charge in [-0.25, -0.2) is 10.9 Å². The standard InChI is InChI=1S/C20H15BrN4O2.C10H7BrN4O.C10H10O2.ClH/c21-18-15-9-22-25-20(27)14-6-11(7-16(24-18)17(14)15)23-19(26)13-8-12(13)10-4-2-1-3-5-10;11-9-6-3-13-15-10(16)5-1-4(12)2-7(14-9)8(5)6;11-10(12)9-6-8(9)7-4-2-1-3-5-7;/h1-7,9,12-13,24H,8H2,(H,23,26)(H,25,27);1-3,14H,12H2,(H,15,16);1-5,8-9H,6H2,(H,11,12);1H/t12-,13+;;8-,9+;/m0.0./s1. The third-order valence-corrected chi connectivity index (χ3v) is 11.2. The molecule has 0 saturated heterocycles. The van der Waals surface area contributed by atoms with Gasteiger partial charge in [-0.05, 0) is 91.9 Å². The summed E-state index contributed by atoms with van der Waals surface area (Å²) in [4.78, 5) is 53.6. The van der Waals surface area contributed by atoms with E-state index in [0.717, 1.165) is 60.5 Å². The fourth-order valence-electron chi connectivity index (χ4n) is 7.10. The number of nitrogens with zero attached hydrogens (tertiary/aromatic N) is 2. The molecule has 4 heterocycles. The summed E-state index contributed by atoms with van der Waals surface area (Å²) in [5.41, 5.74) is 18.4. The van der Waals surface area contributed by atoms with Crippen molar-refractivity contribution in [3.8, 4) is 0 Å². The number of hydrazone groups is 2. The molecule has 16 heteroatoms. The van der Waals surface area contributed by atoms with E-state index in [4.69, 9.17) is 10.8 Å². The number of aromatic amines is 2. The van der Waals surface area contributed by atoms with Crippen molar-refractivity contribution in [2.45, 2.75) is 24.7 Å². The second-order valence-corrected chi connectivity index (χ2v) is 15.2. The highest BCUT2D eigenvalue weighted by Gasteiger charge is 2.44. The monoisotopic (exact) mass is 898 g/mol. The fraction of sp³-hybridized carbons (Fsp3) is 0.150. The topological polar surface area (TPSA) is 207 Å². The van der Waals surface area contributed by atoms with Crippen LogP contribution < -0.4 is 21.9 Å². The number of rotatable bonds is 5. The molecule has 0 radical (unpaired) electrons. The number of H-pyrrole nitrogens is 2. The predicted octanol–water partition coefficient (Wildman–Crippen LogP) is 7.64. The van der Waals surface area contributed by atoms with Crippen molar-refractivity contribution < 1.29 is 24.3 Å². The van der Waals surface area contributed by atoms with Crippen molar-refractivity contribution in [2.75, 3.05) is 11.1 Å². The van der Waals surface area contributed by atoms with Gasteiger partial charge < -0.3 is 26.1 Å². The summed E-state index contributed by atoms with van der Waals surface area (Å²) in [5, 5.41) is 21.0. The van der Waals surface area contributed by atoms with Gasteiger partial charge in [-0.1, -0.05) is 60.7 Å². The molecule has 6 aromatic rings. The quantitative estimate of drug-likeness (QED) is 0.0866. The Labute approximate surface area is 342 Å². The van der Waals surface area contributed by atoms with Gasteiger partial charge >= 0.3 is 5.97 Å². The van der Waals surface area contributed by atoms with E-state index >= 15 is 0 Å². The van der Waals surface area contributed by atoms with Crippen molar-refractivity contribution in [2.24, 2.45) is 22.0 Å². The van der Waals surface area contributed by atoms with Crippen LogP contribution in [0, 0.1) is 11.8 Å². The van der Waals surface area contributed by atoms with Crippen LogP contribution in [0.2, 0.25) is 0 Å². The van der Waals surface area contributed by atoms with Crippen LogP contribution in [-0.2, 0) is 9.59 Å². The van der Waals surface area contributed by atoms with Gasteiger partial charge in [-0.15, -0.1) is 12.4 Å². The van der Waals surface area contributed by atoms with Crippen molar-refractivity contribution >= 4 is 114 Å². The second kappa shape index (κ2) is 15.8. The molecule has 2 aromatic heterocycles. The van der Waals surface area contributed by atoms with E-state index in [1.165, 1.54) is 5.56 Å². The molecule has 4 aromatic carbocycles. The Balaban J connectivity index is 0.000000141. The number of aliphatic carboxylic acids is 1. The first-order chi connectivity index (χ1) is 26.6. The first kappa shape index (κ1) is 38.5. The van der Waals surface area contributed by atoms with E-state index < -0.39 is 5.97 Å². The Morgan fingerprint density at radius 2 is 1.20 bits per heavy atom. The lowest BCUT2D eigenvalue weighted by molar-refractivity contribution is -0.138. The Bertz CT molecular complexity index is 2590. The molecule has 0 spiro atoms. The maximum atomic E-state index is 12.7. The third-order valence-electron chi connectivity index (χ3n) is 9.97. The molecule has 10 rings (SSSR count). The zero-order valence-corrected chi connectivity index (χ0v) is 33.2. The maximum Gasteiger partial charge on any atom is 0.307 e. The second-order valence-electron chi connectivity index (χ2n) is 13.6. The predicted molar refractivity (Wildman–Crippen MR) is 225 cm³/mol. The van der Waals surface area contributed by atoms with Gasteiger partial charge in [0.1, 0.15) is 0 Å². The Hall–Kier alpha value is -5.77. The number of halogens is 3. The number of carboxylic acids is 1. The van der Waals surface area contributed by atoms with Crippen LogP contribution >= 0.6 is 44.3 Å². The minimum absolute atomic E-state index is 0. The first-order valence-corrected chi connectivity index (χ1v) is 18.9. The number of carboxylic acid groups (broad SMARTS) is 1. The minimum atomic E-state index is -0.663. The molecule has 56 heavy (non-hydrogen) atoms. The van der Waals surface area contributed by atoms with Gasteiger partial charge in [0.15, 0.2) is 0 Å². The van der Waals surface area contributed by atoms with Crippen LogP contribution in [0.4, 0.5) is 11.4 Å². The minimum Gasteiger partial charge on any atom is -0.481 e. The third kappa shape index (κ3) is 7.70. The SMILES string of the molecule is Cl.Nc1cc2c3c(c(Br)[nH]c3c1)C=NNC2=O.O=C(O)[C@@H]1C[C@H]1c1ccccc1.O=C1NN=Cc2c(Br)[nH]c3cc(NC(=O)[C@@H]4C[C@H]4c4ccccc4)cc1c23. The van der Waals surface area contributed by atoms with Crippen LogP contribution in [-0.4, -0.2) is 51.2 Å². The summed E-state index contributed by atoms with van der Waals surface area (Å²) < 4.78 is 1.53. The number of nitrogens with one attached hydrogen (secondary N) is 5. The molecule has 2 fully saturated rings. The molecule has 4 aliphatic rings. The molecular weight excluding hydrogens is 868 g/mol. The Kier molecular flexibility index (Phi) is 10.8. The molecule has 4 atom stereocenters. The van der Waals surface area contributed by atoms with Crippen molar-refractivity contribution in [1.82, 2.24) is 20.8 Å². The summed E-state index contributed by atoms with van der Waals surface area (Å²) in [5.74, 6) is -0.874. The summed E-state index contributed by atoms with van der Waals surface area (Å²) in [6, 6.07) is 26.9. The number of aromatic nitrogens is 2. The highest BCUT2D eigenvalue weighted by Crippen LogP contribution is 2.48. The van der Waals surface area contributed by atoms with Gasteiger partial charge in [0.05, 0.1) is 38.7 Å². The normalized spacial score (nSPS) is 19.5. The van der Waals surface area contributed by atoms with Crippen LogP contribution in [0.5, 0.6) is 0 Å². The molecule has 8 N–H and O–H groups in total. The van der Waals surface area contributed by atoms with E-state index in [1.54, 1.807) is 30.6 Å². The van der Waals surface area contributed by atoms with Crippen molar-refractivity contribution in [3.05, 3.63) is 128 Å². The van der Waals surface area contributed by atoms with E-state index in [-0.39, 0.29) is 53.8 Å². The molecule has 3 amide bonds. The lowest BCUT2D eigenvalue weighted by Crippen LogP contribution is -2.18. The van der Waals surface area contributed by atoms with Gasteiger partial charge in [0.25, 0.3) is 11.8 Å². The van der Waals surface area contributed by atoms with Crippen molar-refractivity contribution in [1.29, 1.82) is 0 Å². The highest BCUT2D eigenvalue weighted by atomic mass is 79.9. The van der Waals surface area contributed by atoms with Crippen molar-refractivity contribution in [3.63, 3.8) is 0 Å². The number of carbonyl (C=O) groups excluding carboxylic acids is 3. The van der Waals surface area contributed by atoms with E-state index in [2.05, 4.69) is 80.3 Å². The number of anilines is 2. The van der Waals surface area contributed by atoms with Gasteiger partial charge in [0.2, 0.25) is 5.91 Å². The number of hydrogen-bond donors (Lipinski definition) is 7. The molecule has 2 aliphatic heterocycles. The molecule has 0 bridgehead atoms. The van der Waals surface area contributed by atoms with Gasteiger partial charge in [-0.2, -0.15) is 10.2 Å². The molecule has 2 saturated carbocycles. The Morgan fingerprint density at radius 1 is 0.714 bits per heavy atom. The molecule has 2 aliphatic carbocycles. The first-order valence-electron chi connectivity index (χ1n) is 17.3. The smallest absolute Gasteiger partial charge is 0.307 e. The zero-order valence-electron chi connectivity index (χ0n) is 29.2. The highest BCUT2D eigenvalue weighted by molar-refractivity contribution is 9.10. The van der Waals surface area contributed by atoms with Crippen LogP contribution in [0.25, 0.3) is 21.8 Å². The van der Waals surface area contributed by atoms with E-state index in [9.17, 15) is 19.2 Å². The number of benzene rings is 4. The van der Waals surface area contributed by atoms with E-state index in [1.807, 2.05) is 54.6 Å². The number of carbonyl (C=O) groups is 4. The molecule has 284 valence electrons. The van der Waals surface area contributed by atoms with E-state index in [0.29, 0.717) is 22.5 Å². The molecule has 0 unspecified atom stereocenters. The van der Waals surface area contributed by atoms with Crippen LogP contribution in [0.3, 0.4) is 0 Å². The maximum absolute atomic E-state index is 12.7. The summed E-state index contributed by atoms with van der Waals surface area (Å²) in [6.45, 7) is 0. The summed E-state index contributed by atoms with van der Waals surface area (Å²) in [6.07, 6.45) is 4.86. The largest absolute Gasteiger partial charge is 0.481 e. The number of nitrogen functional groups attached to an aromatic ring is 1. The summed E-state index contributed by atoms with van der Waals surface area (Å²) >= 11 is 6.85. The average molecular weight is 901 g/mol. The lowest BCUT2D eigenvalue weighted by Gasteiger charge is -2.08. The van der Waals surface area contributed by atoms with Crippen LogP contribution in [0.15, 0.2) is 104 Å². The molecular formula is C40H33Br2ClN8O5. The summed E-state index contributed by atoms with van der Waals surface area (Å²) in [7, 11) is 0. The molecule has 13 nitrogen and oxygen atoms in total. The number of amides is 3. The average Bonchev–Trinajstić information content (AvgIpc) is 4.09. The fourth-order valence-corrected chi connectivity index (χ4v) is 8.13. The number of hydrogen-bond acceptors (Lipinski definition) is 7. The lowest BCUT2D eigenvalue weighted by atomic mass is 10.0.